The molecule has 3 aliphatic rings. The van der Waals surface area contributed by atoms with Crippen molar-refractivity contribution >= 4 is 11.7 Å². The van der Waals surface area contributed by atoms with E-state index in [9.17, 15) is 4.79 Å². The van der Waals surface area contributed by atoms with Crippen molar-refractivity contribution in [3.8, 4) is 11.3 Å². The van der Waals surface area contributed by atoms with E-state index in [0.717, 1.165) is 49.7 Å². The molecular weight excluding hydrogens is 324 g/mol. The van der Waals surface area contributed by atoms with Gasteiger partial charge in [0, 0.05) is 50.0 Å². The molecule has 5 rings (SSSR count). The molecule has 5 nitrogen and oxygen atoms in total. The number of carbonyl (C=O) groups is 1. The molecule has 1 amide bonds. The zero-order valence-corrected chi connectivity index (χ0v) is 14.9. The average Bonchev–Trinajstić information content (AvgIpc) is 3.26. The number of rotatable bonds is 4. The number of hydrogen-bond acceptors (Lipinski definition) is 4. The minimum absolute atomic E-state index is 0.375. The maximum absolute atomic E-state index is 12.3. The third-order valence-corrected chi connectivity index (χ3v) is 6.03. The third kappa shape index (κ3) is 3.06. The van der Waals surface area contributed by atoms with Gasteiger partial charge in [0.25, 0.3) is 0 Å². The van der Waals surface area contributed by atoms with Crippen molar-refractivity contribution in [3.05, 3.63) is 42.7 Å². The summed E-state index contributed by atoms with van der Waals surface area (Å²) in [6.45, 7) is 3.80. The number of carbonyl (C=O) groups excluding carboxylic acids is 1. The number of fused-ring (bicyclic) bond motifs is 1. The Kier molecular flexibility index (Phi) is 3.88. The van der Waals surface area contributed by atoms with E-state index in [2.05, 4.69) is 31.9 Å². The molecule has 1 saturated carbocycles. The second kappa shape index (κ2) is 6.38. The van der Waals surface area contributed by atoms with E-state index in [0.29, 0.717) is 23.7 Å². The van der Waals surface area contributed by atoms with Crippen molar-refractivity contribution < 1.29 is 4.79 Å². The van der Waals surface area contributed by atoms with Gasteiger partial charge in [0.2, 0.25) is 5.91 Å². The molecule has 2 saturated heterocycles. The number of hydrogen-bond donors (Lipinski definition) is 0. The zero-order valence-electron chi connectivity index (χ0n) is 14.9. The van der Waals surface area contributed by atoms with Gasteiger partial charge in [-0.05, 0) is 18.8 Å². The minimum atomic E-state index is 0.375. The van der Waals surface area contributed by atoms with Gasteiger partial charge in [-0.1, -0.05) is 30.3 Å². The summed E-state index contributed by atoms with van der Waals surface area (Å²) in [6.07, 6.45) is 7.02. The second-order valence-electron chi connectivity index (χ2n) is 8.00. The van der Waals surface area contributed by atoms with E-state index in [-0.39, 0.29) is 0 Å². The van der Waals surface area contributed by atoms with Crippen LogP contribution in [0, 0.1) is 17.8 Å². The Morgan fingerprint density at radius 1 is 0.962 bits per heavy atom. The van der Waals surface area contributed by atoms with Gasteiger partial charge in [0.05, 0.1) is 18.1 Å². The molecule has 1 aromatic carbocycles. The monoisotopic (exact) mass is 348 g/mol. The molecule has 2 aliphatic heterocycles. The minimum Gasteiger partial charge on any atom is -0.355 e. The van der Waals surface area contributed by atoms with Gasteiger partial charge in [-0.3, -0.25) is 9.78 Å². The van der Waals surface area contributed by atoms with Crippen LogP contribution in [-0.2, 0) is 4.79 Å². The molecule has 0 spiro atoms. The number of likely N-dealkylation sites (tertiary alicyclic amines) is 1. The van der Waals surface area contributed by atoms with Crippen LogP contribution >= 0.6 is 0 Å². The molecule has 0 radical (unpaired) electrons. The van der Waals surface area contributed by atoms with Gasteiger partial charge in [0.1, 0.15) is 5.82 Å². The fraction of sp³-hybridized carbons (Fsp3) is 0.476. The summed E-state index contributed by atoms with van der Waals surface area (Å²) in [5.41, 5.74) is 2.00. The first-order chi connectivity index (χ1) is 12.8. The summed E-state index contributed by atoms with van der Waals surface area (Å²) in [4.78, 5) is 26.0. The topological polar surface area (TPSA) is 49.3 Å². The normalized spacial score (nSPS) is 24.8. The number of nitrogens with zero attached hydrogens (tertiary/aromatic N) is 4. The van der Waals surface area contributed by atoms with Gasteiger partial charge >= 0.3 is 0 Å². The first kappa shape index (κ1) is 15.8. The Balaban J connectivity index is 1.21. The standard InChI is InChI=1S/C21H24N4O/c26-21(8-15-6-7-15)25-13-17-11-24(12-18(17)14-25)20-10-22-19(9-23-20)16-4-2-1-3-5-16/h1-5,9-10,15,17-18H,6-8,11-14H2. The molecular formula is C21H24N4O. The maximum Gasteiger partial charge on any atom is 0.222 e. The third-order valence-electron chi connectivity index (χ3n) is 6.03. The van der Waals surface area contributed by atoms with Crippen molar-refractivity contribution in [1.29, 1.82) is 0 Å². The number of benzene rings is 1. The Morgan fingerprint density at radius 2 is 1.69 bits per heavy atom. The Bertz CT molecular complexity index is 773. The van der Waals surface area contributed by atoms with Crippen LogP contribution in [0.4, 0.5) is 5.82 Å². The van der Waals surface area contributed by atoms with Crippen LogP contribution in [0.3, 0.4) is 0 Å². The highest BCUT2D eigenvalue weighted by Crippen LogP contribution is 2.36. The number of amides is 1. The summed E-state index contributed by atoms with van der Waals surface area (Å²) < 4.78 is 0. The molecule has 1 aromatic heterocycles. The lowest BCUT2D eigenvalue weighted by molar-refractivity contribution is -0.130. The van der Waals surface area contributed by atoms with Gasteiger partial charge in [-0.2, -0.15) is 0 Å². The van der Waals surface area contributed by atoms with Crippen LogP contribution < -0.4 is 4.90 Å². The lowest BCUT2D eigenvalue weighted by atomic mass is 10.0. The fourth-order valence-electron chi connectivity index (χ4n) is 4.32. The van der Waals surface area contributed by atoms with Crippen LogP contribution in [0.15, 0.2) is 42.7 Å². The number of anilines is 1. The molecule has 2 aromatic rings. The fourth-order valence-corrected chi connectivity index (χ4v) is 4.32. The summed E-state index contributed by atoms with van der Waals surface area (Å²) in [5.74, 6) is 3.16. The quantitative estimate of drug-likeness (QED) is 0.852. The Labute approximate surface area is 154 Å². The van der Waals surface area contributed by atoms with Crippen molar-refractivity contribution in [1.82, 2.24) is 14.9 Å². The van der Waals surface area contributed by atoms with Crippen LogP contribution in [-0.4, -0.2) is 47.0 Å². The van der Waals surface area contributed by atoms with Crippen LogP contribution in [0.5, 0.6) is 0 Å². The largest absolute Gasteiger partial charge is 0.355 e. The van der Waals surface area contributed by atoms with E-state index >= 15 is 0 Å². The SMILES string of the molecule is O=C(CC1CC1)N1CC2CN(c3cnc(-c4ccccc4)cn3)CC2C1. The van der Waals surface area contributed by atoms with Gasteiger partial charge in [0.15, 0.2) is 0 Å². The Hall–Kier alpha value is -2.43. The molecule has 0 bridgehead atoms. The molecule has 134 valence electrons. The first-order valence-electron chi connectivity index (χ1n) is 9.66. The molecule has 1 aliphatic carbocycles. The second-order valence-corrected chi connectivity index (χ2v) is 8.00. The molecule has 2 unspecified atom stereocenters. The predicted octanol–water partition coefficient (Wildman–Crippen LogP) is 2.84. The molecule has 26 heavy (non-hydrogen) atoms. The summed E-state index contributed by atoms with van der Waals surface area (Å²) in [6, 6.07) is 10.1. The molecule has 5 heteroatoms. The van der Waals surface area contributed by atoms with Crippen LogP contribution in [0.25, 0.3) is 11.3 Å². The van der Waals surface area contributed by atoms with Crippen LogP contribution in [0.1, 0.15) is 19.3 Å². The molecule has 2 atom stereocenters. The lowest BCUT2D eigenvalue weighted by Gasteiger charge is -2.22. The number of aromatic nitrogens is 2. The molecule has 3 heterocycles. The smallest absolute Gasteiger partial charge is 0.222 e. The first-order valence-corrected chi connectivity index (χ1v) is 9.66. The lowest BCUT2D eigenvalue weighted by Crippen LogP contribution is -2.33. The van der Waals surface area contributed by atoms with Gasteiger partial charge < -0.3 is 9.80 Å². The van der Waals surface area contributed by atoms with E-state index in [1.807, 2.05) is 30.6 Å². The zero-order chi connectivity index (χ0) is 17.5. The summed E-state index contributed by atoms with van der Waals surface area (Å²) in [7, 11) is 0. The van der Waals surface area contributed by atoms with Gasteiger partial charge in [-0.15, -0.1) is 0 Å². The van der Waals surface area contributed by atoms with Crippen molar-refractivity contribution in [2.75, 3.05) is 31.1 Å². The van der Waals surface area contributed by atoms with Crippen molar-refractivity contribution in [2.45, 2.75) is 19.3 Å². The van der Waals surface area contributed by atoms with E-state index < -0.39 is 0 Å². The Morgan fingerprint density at radius 3 is 2.31 bits per heavy atom. The summed E-state index contributed by atoms with van der Waals surface area (Å²) >= 11 is 0. The highest BCUT2D eigenvalue weighted by atomic mass is 16.2. The average molecular weight is 348 g/mol. The van der Waals surface area contributed by atoms with E-state index in [4.69, 9.17) is 0 Å². The highest BCUT2D eigenvalue weighted by Gasteiger charge is 2.42. The van der Waals surface area contributed by atoms with Crippen molar-refractivity contribution in [2.24, 2.45) is 17.8 Å². The van der Waals surface area contributed by atoms with E-state index in [1.165, 1.54) is 12.8 Å². The van der Waals surface area contributed by atoms with Crippen molar-refractivity contribution in [3.63, 3.8) is 0 Å². The van der Waals surface area contributed by atoms with E-state index in [1.54, 1.807) is 0 Å². The van der Waals surface area contributed by atoms with Gasteiger partial charge in [-0.25, -0.2) is 4.98 Å². The maximum atomic E-state index is 12.3. The summed E-state index contributed by atoms with van der Waals surface area (Å²) in [5, 5.41) is 0. The predicted molar refractivity (Wildman–Crippen MR) is 101 cm³/mol. The highest BCUT2D eigenvalue weighted by molar-refractivity contribution is 5.77. The van der Waals surface area contributed by atoms with Crippen LogP contribution in [0.2, 0.25) is 0 Å². The molecule has 3 fully saturated rings. The molecule has 0 N–H and O–H groups in total.